The molecule has 37 heavy (non-hydrogen) atoms. The van der Waals surface area contributed by atoms with Gasteiger partial charge in [0.25, 0.3) is 5.56 Å². The van der Waals surface area contributed by atoms with Gasteiger partial charge in [-0.05, 0) is 44.5 Å². The molecule has 12 heteroatoms. The van der Waals surface area contributed by atoms with Gasteiger partial charge < -0.3 is 15.4 Å². The fraction of sp³-hybridized carbons (Fsp3) is 0.360. The van der Waals surface area contributed by atoms with Crippen LogP contribution >= 0.6 is 11.3 Å². The number of hydrogen-bond donors (Lipinski definition) is 2. The first-order valence-electron chi connectivity index (χ1n) is 12.1. The number of rotatable bonds is 7. The lowest BCUT2D eigenvalue weighted by atomic mass is 10.1. The Kier molecular flexibility index (Phi) is 7.08. The zero-order valence-electron chi connectivity index (χ0n) is 20.8. The summed E-state index contributed by atoms with van der Waals surface area (Å²) in [6.07, 6.45) is 3.00. The number of ether oxygens (including phenoxy) is 1. The summed E-state index contributed by atoms with van der Waals surface area (Å²) >= 11 is 1.00. The van der Waals surface area contributed by atoms with Gasteiger partial charge in [0.2, 0.25) is 5.95 Å². The highest BCUT2D eigenvalue weighted by Crippen LogP contribution is 2.30. The molecule has 194 valence electrons. The van der Waals surface area contributed by atoms with Crippen molar-refractivity contribution in [2.45, 2.75) is 42.9 Å². The van der Waals surface area contributed by atoms with Crippen molar-refractivity contribution in [3.8, 4) is 10.6 Å². The largest absolute Gasteiger partial charge is 0.371 e. The number of fused-ring (bicyclic) bond motifs is 1. The van der Waals surface area contributed by atoms with E-state index in [9.17, 15) is 13.2 Å². The smallest absolute Gasteiger partial charge is 0.262 e. The van der Waals surface area contributed by atoms with Gasteiger partial charge in [-0.1, -0.05) is 12.1 Å². The molecule has 1 aliphatic heterocycles. The van der Waals surface area contributed by atoms with Crippen molar-refractivity contribution in [1.82, 2.24) is 24.8 Å². The molecule has 0 spiro atoms. The van der Waals surface area contributed by atoms with E-state index in [-0.39, 0.29) is 15.9 Å². The summed E-state index contributed by atoms with van der Waals surface area (Å²) in [4.78, 5) is 26.6. The quantitative estimate of drug-likeness (QED) is 0.362. The third-order valence-corrected chi connectivity index (χ3v) is 9.90. The second kappa shape index (κ2) is 10.3. The Morgan fingerprint density at radius 1 is 1.22 bits per heavy atom. The normalized spacial score (nSPS) is 16.4. The molecule has 1 aromatic carbocycles. The summed E-state index contributed by atoms with van der Waals surface area (Å²) < 4.78 is 32.6. The van der Waals surface area contributed by atoms with Crippen LogP contribution in [0.4, 0.5) is 11.6 Å². The first-order chi connectivity index (χ1) is 17.8. The number of aryl methyl sites for hydroxylation is 1. The monoisotopic (exact) mass is 540 g/mol. The molecule has 1 fully saturated rings. The molecule has 4 aromatic rings. The van der Waals surface area contributed by atoms with Crippen molar-refractivity contribution in [2.75, 3.05) is 25.0 Å². The molecule has 1 unspecified atom stereocenters. The van der Waals surface area contributed by atoms with Gasteiger partial charge in [0.1, 0.15) is 14.9 Å². The fourth-order valence-electron chi connectivity index (χ4n) is 4.10. The van der Waals surface area contributed by atoms with Gasteiger partial charge in [-0.2, -0.15) is 4.98 Å². The molecule has 4 heterocycles. The van der Waals surface area contributed by atoms with Gasteiger partial charge in [-0.15, -0.1) is 11.3 Å². The van der Waals surface area contributed by atoms with Gasteiger partial charge in [0.05, 0.1) is 29.7 Å². The van der Waals surface area contributed by atoms with E-state index in [1.807, 2.05) is 31.2 Å². The minimum Gasteiger partial charge on any atom is -0.371 e. The summed E-state index contributed by atoms with van der Waals surface area (Å²) in [5.41, 5.74) is 2.43. The molecule has 3 aromatic heterocycles. The van der Waals surface area contributed by atoms with Gasteiger partial charge in [-0.25, -0.2) is 18.4 Å². The van der Waals surface area contributed by atoms with Crippen LogP contribution in [0.3, 0.4) is 0 Å². The molecule has 0 amide bonds. The van der Waals surface area contributed by atoms with Gasteiger partial charge in [0, 0.05) is 36.9 Å². The van der Waals surface area contributed by atoms with Crippen molar-refractivity contribution in [3.05, 3.63) is 58.6 Å². The van der Waals surface area contributed by atoms with Gasteiger partial charge in [-0.3, -0.25) is 9.36 Å². The van der Waals surface area contributed by atoms with Gasteiger partial charge >= 0.3 is 0 Å². The summed E-state index contributed by atoms with van der Waals surface area (Å²) in [5, 5.41) is 6.97. The second-order valence-electron chi connectivity index (χ2n) is 8.97. The Bertz CT molecular complexity index is 1590. The highest BCUT2D eigenvalue weighted by molar-refractivity contribution is 7.94. The molecule has 1 aliphatic rings. The number of morpholine rings is 1. The van der Waals surface area contributed by atoms with Crippen molar-refractivity contribution in [2.24, 2.45) is 0 Å². The average Bonchev–Trinajstić information content (AvgIpc) is 3.40. The Balaban J connectivity index is 1.45. The lowest BCUT2D eigenvalue weighted by molar-refractivity contribution is 0.0277. The summed E-state index contributed by atoms with van der Waals surface area (Å²) in [5.74, 6) is 0.366. The van der Waals surface area contributed by atoms with Gasteiger partial charge in [0.15, 0.2) is 9.84 Å². The van der Waals surface area contributed by atoms with Crippen LogP contribution in [0, 0.1) is 0 Å². The van der Waals surface area contributed by atoms with Crippen LogP contribution in [0.1, 0.15) is 32.4 Å². The maximum Gasteiger partial charge on any atom is 0.262 e. The predicted molar refractivity (Wildman–Crippen MR) is 144 cm³/mol. The number of thiazole rings is 1. The summed E-state index contributed by atoms with van der Waals surface area (Å²) in [7, 11) is -3.48. The first-order valence-corrected chi connectivity index (χ1v) is 14.4. The minimum atomic E-state index is -3.48. The Morgan fingerprint density at radius 2 is 2.00 bits per heavy atom. The summed E-state index contributed by atoms with van der Waals surface area (Å²) in [6, 6.07) is 9.59. The second-order valence-corrected chi connectivity index (χ2v) is 12.7. The molecular formula is C25H28N6O4S2. The lowest BCUT2D eigenvalue weighted by Crippen LogP contribution is -2.33. The first kappa shape index (κ1) is 25.5. The molecule has 1 atom stereocenters. The van der Waals surface area contributed by atoms with E-state index in [0.717, 1.165) is 35.7 Å². The topological polar surface area (TPSA) is 128 Å². The highest BCUT2D eigenvalue weighted by Gasteiger charge is 2.24. The van der Waals surface area contributed by atoms with Crippen LogP contribution < -0.4 is 16.2 Å². The van der Waals surface area contributed by atoms with Crippen molar-refractivity contribution in [3.63, 3.8) is 0 Å². The predicted octanol–water partition coefficient (Wildman–Crippen LogP) is 3.52. The Morgan fingerprint density at radius 3 is 2.68 bits per heavy atom. The fourth-order valence-corrected chi connectivity index (χ4v) is 6.70. The number of nitrogens with one attached hydrogen (secondary N) is 2. The van der Waals surface area contributed by atoms with Crippen LogP contribution in [0.2, 0.25) is 0 Å². The molecular weight excluding hydrogens is 512 g/mol. The van der Waals surface area contributed by atoms with Crippen molar-refractivity contribution in [1.29, 1.82) is 0 Å². The highest BCUT2D eigenvalue weighted by atomic mass is 32.2. The molecule has 0 aliphatic carbocycles. The molecule has 0 saturated carbocycles. The Hall–Kier alpha value is -3.19. The average molecular weight is 541 g/mol. The molecule has 10 nitrogen and oxygen atoms in total. The third-order valence-electron chi connectivity index (χ3n) is 6.23. The van der Waals surface area contributed by atoms with Crippen molar-refractivity contribution < 1.29 is 13.2 Å². The number of anilines is 2. The van der Waals surface area contributed by atoms with Crippen LogP contribution in [-0.4, -0.2) is 52.9 Å². The Labute approximate surface area is 218 Å². The number of aromatic nitrogens is 4. The van der Waals surface area contributed by atoms with Crippen LogP contribution in [0.5, 0.6) is 0 Å². The number of pyridine rings is 1. The molecule has 0 bridgehead atoms. The van der Waals surface area contributed by atoms with E-state index >= 15 is 0 Å². The van der Waals surface area contributed by atoms with E-state index in [1.165, 1.54) is 6.20 Å². The lowest BCUT2D eigenvalue weighted by Gasteiger charge is -2.24. The van der Waals surface area contributed by atoms with E-state index < -0.39 is 15.1 Å². The summed E-state index contributed by atoms with van der Waals surface area (Å²) in [6.45, 7) is 7.82. The maximum atomic E-state index is 13.3. The van der Waals surface area contributed by atoms with Crippen LogP contribution in [-0.2, 0) is 21.1 Å². The molecule has 0 radical (unpaired) electrons. The molecule has 2 N–H and O–H groups in total. The van der Waals surface area contributed by atoms with Crippen LogP contribution in [0.15, 0.2) is 51.7 Å². The van der Waals surface area contributed by atoms with Crippen LogP contribution in [0.25, 0.3) is 21.6 Å². The zero-order chi connectivity index (χ0) is 26.2. The van der Waals surface area contributed by atoms with E-state index in [0.29, 0.717) is 40.7 Å². The third kappa shape index (κ3) is 5.01. The molecule has 1 saturated heterocycles. The molecule has 5 rings (SSSR count). The standard InChI is InChI=1S/C25H28N6O4S2/c1-4-31-22-17(11-19(24(31)32)23-27-14-21(36-23)37(33,34)15(2)3)12-28-25(30-22)29-18-7-5-16(6-8-18)20-13-26-9-10-35-20/h5-8,11-12,14-15,20,26H,4,9-10,13H2,1-3H3,(H,28,29,30). The van der Waals surface area contributed by atoms with E-state index in [4.69, 9.17) is 4.74 Å². The van der Waals surface area contributed by atoms with E-state index in [2.05, 4.69) is 25.6 Å². The number of benzene rings is 1. The zero-order valence-corrected chi connectivity index (χ0v) is 22.4. The maximum absolute atomic E-state index is 13.3. The van der Waals surface area contributed by atoms with Crippen molar-refractivity contribution >= 4 is 43.8 Å². The number of hydrogen-bond acceptors (Lipinski definition) is 10. The number of nitrogens with zero attached hydrogens (tertiary/aromatic N) is 4. The SMILES string of the molecule is CCn1c(=O)c(-c2ncc(S(=O)(=O)C(C)C)s2)cc2cnc(Nc3ccc(C4CNCCO4)cc3)nc21. The number of sulfone groups is 1. The minimum absolute atomic E-state index is 0.0345. The van der Waals surface area contributed by atoms with E-state index in [1.54, 1.807) is 30.7 Å².